The fourth-order valence-electron chi connectivity index (χ4n) is 1.79. The van der Waals surface area contributed by atoms with Crippen LogP contribution < -0.4 is 11.5 Å². The topological polar surface area (TPSA) is 162 Å². The summed E-state index contributed by atoms with van der Waals surface area (Å²) in [6.45, 7) is 3.39. The number of aryl methyl sites for hydroxylation is 1. The van der Waals surface area contributed by atoms with Gasteiger partial charge in [0.2, 0.25) is 5.91 Å². The van der Waals surface area contributed by atoms with Crippen LogP contribution in [0.4, 0.5) is 5.82 Å². The second kappa shape index (κ2) is 11.5. The van der Waals surface area contributed by atoms with E-state index in [1.807, 2.05) is 6.92 Å². The number of primary amides is 1. The zero-order chi connectivity index (χ0) is 21.8. The maximum atomic E-state index is 10.6. The lowest BCUT2D eigenvalue weighted by molar-refractivity contribution is 0.0696. The Morgan fingerprint density at radius 1 is 0.931 bits per heavy atom. The molecular formula is C20H21N5O4. The Morgan fingerprint density at radius 2 is 1.62 bits per heavy atom. The second-order valence-electron chi connectivity index (χ2n) is 5.69. The van der Waals surface area contributed by atoms with E-state index in [1.54, 1.807) is 36.8 Å². The van der Waals surface area contributed by atoms with Crippen molar-refractivity contribution >= 4 is 23.5 Å². The van der Waals surface area contributed by atoms with Gasteiger partial charge >= 0.3 is 5.97 Å². The van der Waals surface area contributed by atoms with Crippen molar-refractivity contribution in [2.24, 2.45) is 5.73 Å². The van der Waals surface area contributed by atoms with Crippen molar-refractivity contribution in [1.29, 1.82) is 0 Å². The van der Waals surface area contributed by atoms with Gasteiger partial charge in [-0.05, 0) is 49.7 Å². The Bertz CT molecular complexity index is 960. The van der Waals surface area contributed by atoms with E-state index >= 15 is 0 Å². The first-order valence-electron chi connectivity index (χ1n) is 8.28. The van der Waals surface area contributed by atoms with Crippen LogP contribution in [0.25, 0.3) is 0 Å². The minimum absolute atomic E-state index is 0.0584. The van der Waals surface area contributed by atoms with E-state index in [9.17, 15) is 14.4 Å². The van der Waals surface area contributed by atoms with Crippen molar-refractivity contribution < 1.29 is 19.5 Å². The van der Waals surface area contributed by atoms with Gasteiger partial charge in [0.25, 0.3) is 0 Å². The first-order valence-corrected chi connectivity index (χ1v) is 8.28. The van der Waals surface area contributed by atoms with Crippen LogP contribution in [0.1, 0.15) is 43.6 Å². The number of ketones is 1. The van der Waals surface area contributed by atoms with Gasteiger partial charge in [-0.3, -0.25) is 19.6 Å². The summed E-state index contributed by atoms with van der Waals surface area (Å²) in [5.41, 5.74) is 12.4. The number of aromatic nitrogens is 3. The molecule has 9 heteroatoms. The second-order valence-corrected chi connectivity index (χ2v) is 5.69. The Hall–Kier alpha value is -4.14. The van der Waals surface area contributed by atoms with Crippen LogP contribution in [0.3, 0.4) is 0 Å². The van der Waals surface area contributed by atoms with Crippen LogP contribution in [0.5, 0.6) is 0 Å². The van der Waals surface area contributed by atoms with Crippen LogP contribution in [-0.2, 0) is 0 Å². The Kier molecular flexibility index (Phi) is 9.12. The normalized spacial score (nSPS) is 9.17. The largest absolute Gasteiger partial charge is 0.478 e. The van der Waals surface area contributed by atoms with E-state index in [1.165, 1.54) is 31.5 Å². The summed E-state index contributed by atoms with van der Waals surface area (Å²) in [5, 5.41) is 8.39. The molecule has 150 valence electrons. The molecule has 1 amide bonds. The van der Waals surface area contributed by atoms with Gasteiger partial charge in [-0.1, -0.05) is 0 Å². The van der Waals surface area contributed by atoms with E-state index in [2.05, 4.69) is 15.0 Å². The summed E-state index contributed by atoms with van der Waals surface area (Å²) in [6, 6.07) is 8.05. The van der Waals surface area contributed by atoms with Crippen LogP contribution in [-0.4, -0.2) is 37.7 Å². The van der Waals surface area contributed by atoms with Crippen molar-refractivity contribution in [3.8, 4) is 0 Å². The highest BCUT2D eigenvalue weighted by molar-refractivity contribution is 5.93. The minimum atomic E-state index is -0.993. The molecule has 0 aliphatic carbocycles. The molecule has 3 aromatic heterocycles. The predicted octanol–water partition coefficient (Wildman–Crippen LogP) is 2.14. The molecule has 0 saturated carbocycles. The third kappa shape index (κ3) is 8.87. The molecule has 0 aromatic carbocycles. The molecule has 29 heavy (non-hydrogen) atoms. The Labute approximate surface area is 167 Å². The van der Waals surface area contributed by atoms with Crippen LogP contribution in [0, 0.1) is 6.92 Å². The molecule has 0 saturated heterocycles. The predicted molar refractivity (Wildman–Crippen MR) is 107 cm³/mol. The highest BCUT2D eigenvalue weighted by Gasteiger charge is 2.00. The fraction of sp³-hybridized carbons (Fsp3) is 0.100. The number of nitrogens with zero attached hydrogens (tertiary/aromatic N) is 3. The summed E-state index contributed by atoms with van der Waals surface area (Å²) >= 11 is 0. The SMILES string of the molecule is CC(=O)c1cccnc1.Cc1cncc(C(N)=O)c1.Nc1ccc(C(=O)O)cn1. The smallest absolute Gasteiger partial charge is 0.337 e. The van der Waals surface area contributed by atoms with Crippen molar-refractivity contribution in [1.82, 2.24) is 15.0 Å². The maximum absolute atomic E-state index is 10.6. The molecular weight excluding hydrogens is 374 g/mol. The molecule has 0 atom stereocenters. The molecule has 3 rings (SSSR count). The van der Waals surface area contributed by atoms with Crippen molar-refractivity contribution in [2.45, 2.75) is 13.8 Å². The fourth-order valence-corrected chi connectivity index (χ4v) is 1.79. The maximum Gasteiger partial charge on any atom is 0.337 e. The number of amides is 1. The number of carbonyl (C=O) groups excluding carboxylic acids is 2. The summed E-state index contributed by atoms with van der Waals surface area (Å²) in [7, 11) is 0. The molecule has 3 aromatic rings. The van der Waals surface area contributed by atoms with E-state index in [4.69, 9.17) is 16.6 Å². The van der Waals surface area contributed by atoms with E-state index < -0.39 is 11.9 Å². The highest BCUT2D eigenvalue weighted by Crippen LogP contribution is 2.00. The average molecular weight is 395 g/mol. The lowest BCUT2D eigenvalue weighted by Crippen LogP contribution is -2.11. The van der Waals surface area contributed by atoms with E-state index in [0.29, 0.717) is 16.9 Å². The van der Waals surface area contributed by atoms with Gasteiger partial charge in [0.1, 0.15) is 5.82 Å². The van der Waals surface area contributed by atoms with Crippen molar-refractivity contribution in [2.75, 3.05) is 5.73 Å². The summed E-state index contributed by atoms with van der Waals surface area (Å²) < 4.78 is 0. The lowest BCUT2D eigenvalue weighted by atomic mass is 10.2. The summed E-state index contributed by atoms with van der Waals surface area (Å²) in [6.07, 6.45) is 7.55. The van der Waals surface area contributed by atoms with Gasteiger partial charge in [0, 0.05) is 36.5 Å². The molecule has 0 unspecified atom stereocenters. The van der Waals surface area contributed by atoms with Crippen LogP contribution >= 0.6 is 0 Å². The van der Waals surface area contributed by atoms with Crippen molar-refractivity contribution in [3.63, 3.8) is 0 Å². The highest BCUT2D eigenvalue weighted by atomic mass is 16.4. The van der Waals surface area contributed by atoms with Crippen LogP contribution in [0.15, 0.2) is 61.3 Å². The number of carbonyl (C=O) groups is 3. The summed E-state index contributed by atoms with van der Waals surface area (Å²) in [4.78, 5) is 42.6. The number of nitrogens with two attached hydrogens (primary N) is 2. The molecule has 0 aliphatic heterocycles. The van der Waals surface area contributed by atoms with Gasteiger partial charge in [-0.25, -0.2) is 9.78 Å². The third-order valence-corrected chi connectivity index (χ3v) is 3.26. The van der Waals surface area contributed by atoms with Gasteiger partial charge in [0.05, 0.1) is 11.1 Å². The molecule has 3 heterocycles. The Morgan fingerprint density at radius 3 is 2.00 bits per heavy atom. The molecule has 9 nitrogen and oxygen atoms in total. The zero-order valence-electron chi connectivity index (χ0n) is 15.9. The van der Waals surface area contributed by atoms with E-state index in [-0.39, 0.29) is 11.3 Å². The standard InChI is InChI=1S/C7H8N2O.C7H7NO.C6H6N2O2/c1-5-2-6(7(8)10)4-9-3-5;1-6(9)7-3-2-4-8-5-7;7-5-2-1-4(3-8-5)6(9)10/h2-4H,1H3,(H2,8,10);2-5H,1H3;1-3H,(H2,7,8)(H,9,10). The zero-order valence-corrected chi connectivity index (χ0v) is 15.9. The molecule has 0 aliphatic rings. The Balaban J connectivity index is 0.000000218. The molecule has 0 fully saturated rings. The molecule has 0 radical (unpaired) electrons. The van der Waals surface area contributed by atoms with Gasteiger partial charge in [0.15, 0.2) is 5.78 Å². The van der Waals surface area contributed by atoms with E-state index in [0.717, 1.165) is 5.56 Å². The van der Waals surface area contributed by atoms with Crippen LogP contribution in [0.2, 0.25) is 0 Å². The van der Waals surface area contributed by atoms with Gasteiger partial charge in [-0.15, -0.1) is 0 Å². The number of nitrogen functional groups attached to an aromatic ring is 1. The number of carboxylic acid groups (broad SMARTS) is 1. The number of pyridine rings is 3. The first kappa shape index (κ1) is 22.9. The quantitative estimate of drug-likeness (QED) is 0.568. The lowest BCUT2D eigenvalue weighted by Gasteiger charge is -1.93. The number of hydrogen-bond donors (Lipinski definition) is 3. The number of anilines is 1. The van der Waals surface area contributed by atoms with Gasteiger partial charge in [-0.2, -0.15) is 0 Å². The minimum Gasteiger partial charge on any atom is -0.478 e. The number of Topliss-reactive ketones (excluding diaryl/α,β-unsaturated/α-hetero) is 1. The molecule has 5 N–H and O–H groups in total. The first-order chi connectivity index (χ1) is 13.7. The molecule has 0 bridgehead atoms. The number of carboxylic acids is 1. The van der Waals surface area contributed by atoms with Crippen molar-refractivity contribution in [3.05, 3.63) is 83.6 Å². The number of rotatable bonds is 3. The monoisotopic (exact) mass is 395 g/mol. The number of aromatic carboxylic acids is 1. The number of hydrogen-bond acceptors (Lipinski definition) is 7. The third-order valence-electron chi connectivity index (χ3n) is 3.26. The average Bonchev–Trinajstić information content (AvgIpc) is 2.70. The molecule has 0 spiro atoms. The van der Waals surface area contributed by atoms with Gasteiger partial charge < -0.3 is 16.6 Å². The summed E-state index contributed by atoms with van der Waals surface area (Å²) in [5.74, 6) is -1.04.